The van der Waals surface area contributed by atoms with Gasteiger partial charge in [0.2, 0.25) is 0 Å². The number of unbranched alkanes of at least 4 members (excludes halogenated alkanes) is 32. The molecule has 54 heavy (non-hydrogen) atoms. The van der Waals surface area contributed by atoms with Crippen molar-refractivity contribution in [1.82, 2.24) is 0 Å². The van der Waals surface area contributed by atoms with Crippen LogP contribution in [0.1, 0.15) is 272 Å². The quantitative estimate of drug-likeness (QED) is 0.0494. The smallest absolute Gasteiger partial charge is 0.305 e. The van der Waals surface area contributed by atoms with Gasteiger partial charge in [0.15, 0.2) is 0 Å². The van der Waals surface area contributed by atoms with E-state index in [-0.39, 0.29) is 25.2 Å². The van der Waals surface area contributed by atoms with Gasteiger partial charge in [-0.2, -0.15) is 0 Å². The van der Waals surface area contributed by atoms with Gasteiger partial charge in [-0.3, -0.25) is 9.59 Å². The van der Waals surface area contributed by atoms with Crippen molar-refractivity contribution in [3.8, 4) is 0 Å². The Labute approximate surface area is 338 Å². The molecule has 0 amide bonds. The Bertz CT molecular complexity index is 765. The average molecular weight is 765 g/mol. The number of carbonyl (C=O) groups excluding carboxylic acids is 2. The van der Waals surface area contributed by atoms with Crippen LogP contribution >= 0.6 is 0 Å². The molecule has 0 bridgehead atoms. The molecule has 0 unspecified atom stereocenters. The number of rotatable bonds is 44. The van der Waals surface area contributed by atoms with Crippen LogP contribution in [-0.4, -0.2) is 36.4 Å². The summed E-state index contributed by atoms with van der Waals surface area (Å²) in [5, 5.41) is 10.1. The van der Waals surface area contributed by atoms with Crippen molar-refractivity contribution in [3.05, 3.63) is 0 Å². The van der Waals surface area contributed by atoms with E-state index >= 15 is 0 Å². The molecule has 0 rings (SSSR count). The number of esters is 2. The van der Waals surface area contributed by atoms with Crippen molar-refractivity contribution < 1.29 is 24.2 Å². The number of carbonyl (C=O) groups is 2. The summed E-state index contributed by atoms with van der Waals surface area (Å²) >= 11 is 0. The van der Waals surface area contributed by atoms with Crippen molar-refractivity contribution >= 4 is 11.9 Å². The molecule has 0 heterocycles. The maximum Gasteiger partial charge on any atom is 0.305 e. The second-order valence-electron chi connectivity index (χ2n) is 17.9. The second kappa shape index (κ2) is 43.0. The molecule has 0 saturated heterocycles. The summed E-state index contributed by atoms with van der Waals surface area (Å²) in [5.41, 5.74) is 0. The summed E-state index contributed by atoms with van der Waals surface area (Å²) in [7, 11) is 0. The Kier molecular flexibility index (Phi) is 42.2. The molecule has 0 aromatic carbocycles. The van der Waals surface area contributed by atoms with Gasteiger partial charge in [0.05, 0.1) is 0 Å². The number of ether oxygens (including phenoxy) is 2. The van der Waals surface area contributed by atoms with E-state index in [2.05, 4.69) is 27.7 Å². The lowest BCUT2D eigenvalue weighted by atomic mass is 10.0. The third-order valence-electron chi connectivity index (χ3n) is 11.2. The van der Waals surface area contributed by atoms with E-state index in [4.69, 9.17) is 9.47 Å². The van der Waals surface area contributed by atoms with E-state index in [1.54, 1.807) is 0 Å². The van der Waals surface area contributed by atoms with E-state index in [0.29, 0.717) is 12.8 Å². The van der Waals surface area contributed by atoms with E-state index < -0.39 is 6.10 Å². The highest BCUT2D eigenvalue weighted by Crippen LogP contribution is 2.17. The van der Waals surface area contributed by atoms with Crippen LogP contribution in [0.3, 0.4) is 0 Å². The number of hydrogen-bond acceptors (Lipinski definition) is 5. The Morgan fingerprint density at radius 3 is 0.722 bits per heavy atom. The van der Waals surface area contributed by atoms with E-state index in [1.807, 2.05) is 0 Å². The highest BCUT2D eigenvalue weighted by Gasteiger charge is 2.12. The first-order valence-electron chi connectivity index (χ1n) is 24.3. The van der Waals surface area contributed by atoms with Gasteiger partial charge in [0.25, 0.3) is 0 Å². The fourth-order valence-electron chi connectivity index (χ4n) is 7.52. The summed E-state index contributed by atoms with van der Waals surface area (Å²) in [6.07, 6.45) is 47.5. The molecule has 0 fully saturated rings. The topological polar surface area (TPSA) is 72.8 Å². The SMILES string of the molecule is CC(C)CCCCCCCCCCCCCCCCCCCCC(=O)OC[C@H](O)COC(=O)CCCCCCCCCCCCCCCCCCC(C)C. The first-order chi connectivity index (χ1) is 26.3. The molecule has 0 radical (unpaired) electrons. The third kappa shape index (κ3) is 45.3. The van der Waals surface area contributed by atoms with Crippen molar-refractivity contribution in [2.75, 3.05) is 13.2 Å². The first-order valence-corrected chi connectivity index (χ1v) is 24.3. The summed E-state index contributed by atoms with van der Waals surface area (Å²) < 4.78 is 10.4. The molecule has 1 N–H and O–H groups in total. The molecule has 1 atom stereocenters. The van der Waals surface area contributed by atoms with Gasteiger partial charge in [0, 0.05) is 12.8 Å². The fourth-order valence-corrected chi connectivity index (χ4v) is 7.52. The van der Waals surface area contributed by atoms with Gasteiger partial charge in [-0.25, -0.2) is 0 Å². The lowest BCUT2D eigenvalue weighted by Crippen LogP contribution is -2.25. The lowest BCUT2D eigenvalue weighted by molar-refractivity contribution is -0.152. The minimum atomic E-state index is -0.957. The summed E-state index contributed by atoms with van der Waals surface area (Å²) in [5.74, 6) is 1.18. The maximum atomic E-state index is 12.0. The molecule has 0 spiro atoms. The fraction of sp³-hybridized carbons (Fsp3) is 0.959. The number of hydrogen-bond donors (Lipinski definition) is 1. The molecule has 322 valence electrons. The minimum Gasteiger partial charge on any atom is -0.463 e. The van der Waals surface area contributed by atoms with Crippen LogP contribution in [0.2, 0.25) is 0 Å². The molecule has 0 aliphatic rings. The molecular formula is C49H96O5. The Morgan fingerprint density at radius 1 is 0.333 bits per heavy atom. The normalized spacial score (nSPS) is 12.2. The van der Waals surface area contributed by atoms with Crippen LogP contribution in [-0.2, 0) is 19.1 Å². The summed E-state index contributed by atoms with van der Waals surface area (Å²) in [6, 6.07) is 0. The van der Waals surface area contributed by atoms with Crippen LogP contribution in [0, 0.1) is 11.8 Å². The minimum absolute atomic E-state index is 0.108. The van der Waals surface area contributed by atoms with Gasteiger partial charge < -0.3 is 14.6 Å². The second-order valence-corrected chi connectivity index (χ2v) is 17.9. The molecule has 0 aliphatic heterocycles. The molecule has 0 aliphatic carbocycles. The monoisotopic (exact) mass is 765 g/mol. The van der Waals surface area contributed by atoms with Gasteiger partial charge in [-0.05, 0) is 24.7 Å². The van der Waals surface area contributed by atoms with Gasteiger partial charge >= 0.3 is 11.9 Å². The molecule has 0 aromatic rings. The average Bonchev–Trinajstić information content (AvgIpc) is 3.14. The molecule has 0 aromatic heterocycles. The standard InChI is InChI=1S/C49H96O5/c1-45(2)39-35-31-27-23-19-15-11-7-5-6-8-13-17-21-25-29-33-37-41-48(51)53-43-47(50)44-54-49(52)42-38-34-30-26-22-18-14-10-9-12-16-20-24-28-32-36-40-46(3)4/h45-47,50H,5-44H2,1-4H3/t47-/m0/s1. The Morgan fingerprint density at radius 2 is 0.519 bits per heavy atom. The van der Waals surface area contributed by atoms with E-state index in [1.165, 1.54) is 205 Å². The largest absolute Gasteiger partial charge is 0.463 e. The molecule has 5 heteroatoms. The van der Waals surface area contributed by atoms with Gasteiger partial charge in [-0.1, -0.05) is 246 Å². The Balaban J connectivity index is 3.34. The van der Waals surface area contributed by atoms with Crippen LogP contribution in [0.15, 0.2) is 0 Å². The number of aliphatic hydroxyl groups is 1. The van der Waals surface area contributed by atoms with Crippen molar-refractivity contribution in [1.29, 1.82) is 0 Å². The Hall–Kier alpha value is -1.10. The predicted octanol–water partition coefficient (Wildman–Crippen LogP) is 15.6. The molecular weight excluding hydrogens is 669 g/mol. The predicted molar refractivity (Wildman–Crippen MR) is 233 cm³/mol. The summed E-state index contributed by atoms with van der Waals surface area (Å²) in [6.45, 7) is 9.09. The summed E-state index contributed by atoms with van der Waals surface area (Å²) in [4.78, 5) is 24.1. The van der Waals surface area contributed by atoms with Crippen molar-refractivity contribution in [2.24, 2.45) is 11.8 Å². The first kappa shape index (κ1) is 52.9. The van der Waals surface area contributed by atoms with Crippen LogP contribution in [0.5, 0.6) is 0 Å². The zero-order chi connectivity index (χ0) is 39.6. The van der Waals surface area contributed by atoms with Gasteiger partial charge in [-0.15, -0.1) is 0 Å². The van der Waals surface area contributed by atoms with E-state index in [9.17, 15) is 14.7 Å². The van der Waals surface area contributed by atoms with Crippen molar-refractivity contribution in [3.63, 3.8) is 0 Å². The van der Waals surface area contributed by atoms with Crippen LogP contribution < -0.4 is 0 Å². The van der Waals surface area contributed by atoms with Crippen molar-refractivity contribution in [2.45, 2.75) is 278 Å². The maximum absolute atomic E-state index is 12.0. The van der Waals surface area contributed by atoms with Crippen LogP contribution in [0.25, 0.3) is 0 Å². The molecule has 0 saturated carbocycles. The highest BCUT2D eigenvalue weighted by molar-refractivity contribution is 5.69. The van der Waals surface area contributed by atoms with E-state index in [0.717, 1.165) is 37.5 Å². The zero-order valence-electron chi connectivity index (χ0n) is 37.1. The lowest BCUT2D eigenvalue weighted by Gasteiger charge is -2.12. The highest BCUT2D eigenvalue weighted by atomic mass is 16.6. The third-order valence-corrected chi connectivity index (χ3v) is 11.2. The molecule has 5 nitrogen and oxygen atoms in total. The zero-order valence-corrected chi connectivity index (χ0v) is 37.1. The van der Waals surface area contributed by atoms with Crippen LogP contribution in [0.4, 0.5) is 0 Å². The number of aliphatic hydroxyl groups excluding tert-OH is 1. The van der Waals surface area contributed by atoms with Gasteiger partial charge in [0.1, 0.15) is 19.3 Å².